The number of carbonyl (C=O) groups excluding carboxylic acids is 3. The quantitative estimate of drug-likeness (QED) is 0.243. The van der Waals surface area contributed by atoms with Crippen LogP contribution in [0, 0.1) is 10.5 Å². The number of carbonyl (C=O) groups is 3. The molecule has 0 radical (unpaired) electrons. The second-order valence-corrected chi connectivity index (χ2v) is 11.1. The van der Waals surface area contributed by atoms with E-state index in [1.165, 1.54) is 5.56 Å². The first kappa shape index (κ1) is 27.8. The summed E-state index contributed by atoms with van der Waals surface area (Å²) in [7, 11) is 1.54. The van der Waals surface area contributed by atoms with Crippen LogP contribution < -0.4 is 24.3 Å². The first-order chi connectivity index (χ1) is 19.3. The molecule has 0 aliphatic carbocycles. The topological polar surface area (TPSA) is 103 Å². The molecule has 3 aromatic rings. The minimum absolute atomic E-state index is 0.211. The summed E-state index contributed by atoms with van der Waals surface area (Å²) in [6.07, 6.45) is 1.61. The van der Waals surface area contributed by atoms with Gasteiger partial charge in [-0.05, 0) is 82.7 Å². The molecular weight excluding hydrogens is 647 g/mol. The van der Waals surface area contributed by atoms with E-state index in [9.17, 15) is 14.4 Å². The Morgan fingerprint density at radius 2 is 1.82 bits per heavy atom. The summed E-state index contributed by atoms with van der Waals surface area (Å²) >= 11 is 2.93. The van der Waals surface area contributed by atoms with Gasteiger partial charge in [-0.3, -0.25) is 19.3 Å². The van der Waals surface area contributed by atoms with Gasteiger partial charge in [-0.1, -0.05) is 29.8 Å². The molecule has 3 aromatic carbocycles. The summed E-state index contributed by atoms with van der Waals surface area (Å²) in [6, 6.07) is 16.7. The fourth-order valence-corrected chi connectivity index (χ4v) is 5.68. The highest BCUT2D eigenvalue weighted by atomic mass is 127. The summed E-state index contributed by atoms with van der Waals surface area (Å²) in [5.74, 6) is 1.16. The van der Waals surface area contributed by atoms with Crippen LogP contribution in [0.3, 0.4) is 0 Å². The molecule has 9 nitrogen and oxygen atoms in total. The van der Waals surface area contributed by atoms with Crippen molar-refractivity contribution in [1.29, 1.82) is 0 Å². The van der Waals surface area contributed by atoms with Gasteiger partial charge in [0.25, 0.3) is 11.1 Å². The number of amides is 3. The van der Waals surface area contributed by atoms with E-state index in [1.807, 2.05) is 37.3 Å². The molecule has 2 aliphatic heterocycles. The molecule has 3 amide bonds. The zero-order chi connectivity index (χ0) is 28.2. The van der Waals surface area contributed by atoms with Crippen LogP contribution in [0.25, 0.3) is 6.08 Å². The van der Waals surface area contributed by atoms with Crippen LogP contribution in [0.5, 0.6) is 23.0 Å². The summed E-state index contributed by atoms with van der Waals surface area (Å²) < 4.78 is 23.4. The average molecular weight is 672 g/mol. The number of nitrogens with one attached hydrogen (secondary N) is 1. The number of ether oxygens (including phenoxy) is 4. The van der Waals surface area contributed by atoms with Crippen molar-refractivity contribution in [2.45, 2.75) is 13.5 Å². The lowest BCUT2D eigenvalue weighted by Crippen LogP contribution is -2.36. The summed E-state index contributed by atoms with van der Waals surface area (Å²) in [4.78, 5) is 39.4. The van der Waals surface area contributed by atoms with Crippen LogP contribution >= 0.6 is 34.4 Å². The average Bonchev–Trinajstić information content (AvgIpc) is 3.20. The number of anilines is 1. The Bertz CT molecular complexity index is 1510. The Morgan fingerprint density at radius 1 is 1.07 bits per heavy atom. The highest BCUT2D eigenvalue weighted by Crippen LogP contribution is 2.38. The molecule has 2 heterocycles. The normalized spacial score (nSPS) is 15.4. The first-order valence-electron chi connectivity index (χ1n) is 12.3. The van der Waals surface area contributed by atoms with Gasteiger partial charge in [0, 0.05) is 11.8 Å². The van der Waals surface area contributed by atoms with Crippen LogP contribution in [0.1, 0.15) is 16.7 Å². The van der Waals surface area contributed by atoms with Crippen molar-refractivity contribution in [1.82, 2.24) is 4.90 Å². The molecule has 11 heteroatoms. The monoisotopic (exact) mass is 672 g/mol. The van der Waals surface area contributed by atoms with E-state index in [0.29, 0.717) is 54.1 Å². The molecule has 40 heavy (non-hydrogen) atoms. The van der Waals surface area contributed by atoms with E-state index >= 15 is 0 Å². The number of methoxy groups -OCH3 is 1. The molecule has 2 aliphatic rings. The number of imide groups is 1. The number of rotatable bonds is 8. The number of nitrogens with zero attached hydrogens (tertiary/aromatic N) is 1. The lowest BCUT2D eigenvalue weighted by atomic mass is 10.1. The number of thioether (sulfide) groups is 1. The predicted octanol–water partition coefficient (Wildman–Crippen LogP) is 5.63. The zero-order valence-corrected chi connectivity index (χ0v) is 24.7. The van der Waals surface area contributed by atoms with Gasteiger partial charge in [-0.2, -0.15) is 0 Å². The van der Waals surface area contributed by atoms with Gasteiger partial charge in [0.05, 0.1) is 15.6 Å². The maximum atomic E-state index is 13.0. The van der Waals surface area contributed by atoms with Crippen LogP contribution in [0.2, 0.25) is 0 Å². The lowest BCUT2D eigenvalue weighted by molar-refractivity contribution is -0.127. The van der Waals surface area contributed by atoms with Gasteiger partial charge in [0.2, 0.25) is 5.91 Å². The zero-order valence-electron chi connectivity index (χ0n) is 21.7. The minimum atomic E-state index is -0.541. The summed E-state index contributed by atoms with van der Waals surface area (Å²) in [5.41, 5.74) is 3.34. The minimum Gasteiger partial charge on any atom is -0.493 e. The number of benzene rings is 3. The molecule has 1 saturated heterocycles. The summed E-state index contributed by atoms with van der Waals surface area (Å²) in [6.45, 7) is 2.87. The fraction of sp³-hybridized carbons (Fsp3) is 0.207. The standard InChI is InChI=1S/C29H25IN2O7S/c1-17-3-5-18(6-4-17)16-39-27-21(30)11-19(12-24(27)36-2)13-25-28(34)32(29(35)40-25)15-26(33)31-20-7-8-22-23(14-20)38-10-9-37-22/h3-8,11-14H,9-10,15-16H2,1-2H3,(H,31,33)/b25-13-. The molecule has 1 fully saturated rings. The van der Waals surface area contributed by atoms with E-state index in [-0.39, 0.29) is 4.91 Å². The molecule has 206 valence electrons. The fourth-order valence-electron chi connectivity index (χ4n) is 4.06. The highest BCUT2D eigenvalue weighted by Gasteiger charge is 2.36. The van der Waals surface area contributed by atoms with Crippen molar-refractivity contribution in [2.75, 3.05) is 32.2 Å². The van der Waals surface area contributed by atoms with Crippen LogP contribution in [0.15, 0.2) is 59.5 Å². The van der Waals surface area contributed by atoms with E-state index in [1.54, 1.807) is 37.5 Å². The Morgan fingerprint density at radius 3 is 2.58 bits per heavy atom. The van der Waals surface area contributed by atoms with Gasteiger partial charge in [0.1, 0.15) is 26.4 Å². The van der Waals surface area contributed by atoms with E-state index in [4.69, 9.17) is 18.9 Å². The Balaban J connectivity index is 1.26. The maximum Gasteiger partial charge on any atom is 0.294 e. The molecule has 0 aromatic heterocycles. The number of aryl methyl sites for hydroxylation is 1. The number of halogens is 1. The molecule has 0 unspecified atom stereocenters. The van der Waals surface area contributed by atoms with Crippen molar-refractivity contribution in [3.8, 4) is 23.0 Å². The number of hydrogen-bond acceptors (Lipinski definition) is 8. The van der Waals surface area contributed by atoms with Gasteiger partial charge < -0.3 is 24.3 Å². The predicted molar refractivity (Wildman–Crippen MR) is 160 cm³/mol. The van der Waals surface area contributed by atoms with Gasteiger partial charge in [0.15, 0.2) is 23.0 Å². The molecule has 5 rings (SSSR count). The molecule has 0 atom stereocenters. The summed E-state index contributed by atoms with van der Waals surface area (Å²) in [5, 5.41) is 2.18. The van der Waals surface area contributed by atoms with Crippen molar-refractivity contribution in [2.24, 2.45) is 0 Å². The number of hydrogen-bond donors (Lipinski definition) is 1. The van der Waals surface area contributed by atoms with E-state index in [0.717, 1.165) is 25.8 Å². The van der Waals surface area contributed by atoms with E-state index < -0.39 is 23.6 Å². The third kappa shape index (κ3) is 6.36. The second kappa shape index (κ2) is 12.2. The van der Waals surface area contributed by atoms with Crippen molar-refractivity contribution >= 4 is 63.2 Å². The SMILES string of the molecule is COc1cc(/C=C2\SC(=O)N(CC(=O)Nc3ccc4c(c3)OCCO4)C2=O)cc(I)c1OCc1ccc(C)cc1. The largest absolute Gasteiger partial charge is 0.493 e. The van der Waals surface area contributed by atoms with E-state index in [2.05, 4.69) is 27.9 Å². The van der Waals surface area contributed by atoms with Crippen LogP contribution in [-0.4, -0.2) is 48.8 Å². The van der Waals surface area contributed by atoms with Gasteiger partial charge in [-0.25, -0.2) is 0 Å². The van der Waals surface area contributed by atoms with Crippen molar-refractivity contribution < 1.29 is 33.3 Å². The second-order valence-electron chi connectivity index (χ2n) is 8.98. The van der Waals surface area contributed by atoms with Crippen molar-refractivity contribution in [3.05, 3.63) is 79.8 Å². The number of fused-ring (bicyclic) bond motifs is 1. The first-order valence-corrected chi connectivity index (χ1v) is 14.2. The smallest absolute Gasteiger partial charge is 0.294 e. The van der Waals surface area contributed by atoms with Gasteiger partial charge >= 0.3 is 0 Å². The third-order valence-corrected chi connectivity index (χ3v) is 7.76. The maximum absolute atomic E-state index is 13.0. The molecule has 0 saturated carbocycles. The van der Waals surface area contributed by atoms with Crippen molar-refractivity contribution in [3.63, 3.8) is 0 Å². The highest BCUT2D eigenvalue weighted by molar-refractivity contribution is 14.1. The van der Waals surface area contributed by atoms with Crippen LogP contribution in [0.4, 0.5) is 10.5 Å². The van der Waals surface area contributed by atoms with Crippen LogP contribution in [-0.2, 0) is 16.2 Å². The molecule has 1 N–H and O–H groups in total. The Hall–Kier alpha value is -3.71. The van der Waals surface area contributed by atoms with Gasteiger partial charge in [-0.15, -0.1) is 0 Å². The Kier molecular flexibility index (Phi) is 8.50. The Labute approximate surface area is 248 Å². The third-order valence-electron chi connectivity index (χ3n) is 6.05. The molecule has 0 spiro atoms. The molecule has 0 bridgehead atoms. The molecular formula is C29H25IN2O7S. The lowest BCUT2D eigenvalue weighted by Gasteiger charge is -2.19.